The van der Waals surface area contributed by atoms with Crippen molar-refractivity contribution >= 4 is 5.57 Å². The maximum atomic E-state index is 5.42. The predicted molar refractivity (Wildman–Crippen MR) is 55.2 cm³/mol. The van der Waals surface area contributed by atoms with Gasteiger partial charge in [0.05, 0.1) is 6.20 Å². The van der Waals surface area contributed by atoms with Gasteiger partial charge >= 0.3 is 0 Å². The minimum Gasteiger partial charge on any atom is -0.330 e. The van der Waals surface area contributed by atoms with E-state index in [-0.39, 0.29) is 0 Å². The van der Waals surface area contributed by atoms with Crippen LogP contribution in [0.3, 0.4) is 0 Å². The largest absolute Gasteiger partial charge is 0.330 e. The fraction of sp³-hybridized carbons (Fsp3) is 0.500. The summed E-state index contributed by atoms with van der Waals surface area (Å²) in [5.41, 5.74) is 7.87. The van der Waals surface area contributed by atoms with Gasteiger partial charge in [-0.05, 0) is 32.4 Å². The molecular weight excluding hydrogens is 162 g/mol. The van der Waals surface area contributed by atoms with Crippen molar-refractivity contribution in [2.75, 3.05) is 6.54 Å². The van der Waals surface area contributed by atoms with Crippen molar-refractivity contribution in [3.8, 4) is 0 Å². The molecule has 1 aromatic heterocycles. The van der Waals surface area contributed by atoms with E-state index >= 15 is 0 Å². The van der Waals surface area contributed by atoms with Crippen molar-refractivity contribution in [3.63, 3.8) is 0 Å². The van der Waals surface area contributed by atoms with Crippen LogP contribution >= 0.6 is 0 Å². The highest BCUT2D eigenvalue weighted by atomic mass is 15.3. The number of hydrogen-bond acceptors (Lipinski definition) is 2. The van der Waals surface area contributed by atoms with E-state index in [0.717, 1.165) is 13.0 Å². The first-order valence-corrected chi connectivity index (χ1v) is 4.67. The second-order valence-electron chi connectivity index (χ2n) is 3.05. The average Bonchev–Trinajstić information content (AvgIpc) is 2.62. The Morgan fingerprint density at radius 2 is 2.46 bits per heavy atom. The van der Waals surface area contributed by atoms with Crippen molar-refractivity contribution in [3.05, 3.63) is 24.0 Å². The van der Waals surface area contributed by atoms with Crippen LogP contribution in [0.4, 0.5) is 0 Å². The molecule has 0 aliphatic carbocycles. The van der Waals surface area contributed by atoms with Gasteiger partial charge in [0.15, 0.2) is 0 Å². The van der Waals surface area contributed by atoms with E-state index in [1.54, 1.807) is 0 Å². The van der Waals surface area contributed by atoms with Gasteiger partial charge in [-0.3, -0.25) is 4.68 Å². The molecule has 1 aromatic rings. The molecule has 0 aliphatic rings. The Kier molecular flexibility index (Phi) is 3.71. The van der Waals surface area contributed by atoms with Crippen LogP contribution in [-0.4, -0.2) is 16.3 Å². The molecule has 0 atom stereocenters. The van der Waals surface area contributed by atoms with E-state index in [0.29, 0.717) is 6.54 Å². The summed E-state index contributed by atoms with van der Waals surface area (Å²) in [7, 11) is 0. The highest BCUT2D eigenvalue weighted by Gasteiger charge is 1.97. The number of nitrogens with two attached hydrogens (primary N) is 1. The van der Waals surface area contributed by atoms with Crippen molar-refractivity contribution in [1.82, 2.24) is 9.78 Å². The lowest BCUT2D eigenvalue weighted by molar-refractivity contribution is 0.659. The lowest BCUT2D eigenvalue weighted by atomic mass is 10.1. The van der Waals surface area contributed by atoms with Crippen LogP contribution in [0, 0.1) is 0 Å². The molecule has 0 unspecified atom stereocenters. The Hall–Kier alpha value is -1.09. The standard InChI is InChI=1S/C10H17N3/c1-3-13-8-10(7-12-13)9(2)5-4-6-11/h5,7-8H,3-4,6,11H2,1-2H3. The lowest BCUT2D eigenvalue weighted by Gasteiger charge is -1.95. The fourth-order valence-corrected chi connectivity index (χ4v) is 1.16. The quantitative estimate of drug-likeness (QED) is 0.763. The Morgan fingerprint density at radius 1 is 1.69 bits per heavy atom. The maximum absolute atomic E-state index is 5.42. The van der Waals surface area contributed by atoms with Crippen molar-refractivity contribution in [1.29, 1.82) is 0 Å². The molecule has 3 nitrogen and oxygen atoms in total. The first-order valence-electron chi connectivity index (χ1n) is 4.67. The summed E-state index contributed by atoms with van der Waals surface area (Å²) in [6.07, 6.45) is 7.04. The molecule has 0 fully saturated rings. The summed E-state index contributed by atoms with van der Waals surface area (Å²) in [5.74, 6) is 0. The van der Waals surface area contributed by atoms with E-state index in [1.807, 2.05) is 10.9 Å². The maximum Gasteiger partial charge on any atom is 0.0564 e. The molecule has 0 radical (unpaired) electrons. The highest BCUT2D eigenvalue weighted by molar-refractivity contribution is 5.62. The van der Waals surface area contributed by atoms with Gasteiger partial charge in [0.1, 0.15) is 0 Å². The van der Waals surface area contributed by atoms with Gasteiger partial charge < -0.3 is 5.73 Å². The number of aryl methyl sites for hydroxylation is 1. The summed E-state index contributed by atoms with van der Waals surface area (Å²) in [6.45, 7) is 5.80. The molecule has 72 valence electrons. The van der Waals surface area contributed by atoms with E-state index in [2.05, 4.69) is 31.2 Å². The van der Waals surface area contributed by atoms with Gasteiger partial charge in [0.2, 0.25) is 0 Å². The monoisotopic (exact) mass is 179 g/mol. The van der Waals surface area contributed by atoms with Crippen LogP contribution in [0.2, 0.25) is 0 Å². The predicted octanol–water partition coefficient (Wildman–Crippen LogP) is 1.66. The molecule has 0 bridgehead atoms. The van der Waals surface area contributed by atoms with Gasteiger partial charge in [-0.1, -0.05) is 6.08 Å². The Morgan fingerprint density at radius 3 is 3.00 bits per heavy atom. The molecule has 0 aliphatic heterocycles. The number of allylic oxidation sites excluding steroid dienone is 1. The normalized spacial score (nSPS) is 12.1. The van der Waals surface area contributed by atoms with Crippen LogP contribution in [0.15, 0.2) is 18.5 Å². The van der Waals surface area contributed by atoms with Crippen LogP contribution in [0.5, 0.6) is 0 Å². The SMILES string of the molecule is CCn1cc(C(C)=CCCN)cn1. The molecule has 0 saturated heterocycles. The van der Waals surface area contributed by atoms with E-state index in [1.165, 1.54) is 11.1 Å². The van der Waals surface area contributed by atoms with Crippen LogP contribution in [0.25, 0.3) is 5.57 Å². The topological polar surface area (TPSA) is 43.8 Å². The van der Waals surface area contributed by atoms with Crippen LogP contribution < -0.4 is 5.73 Å². The van der Waals surface area contributed by atoms with Crippen molar-refractivity contribution in [2.45, 2.75) is 26.8 Å². The molecule has 2 N–H and O–H groups in total. The van der Waals surface area contributed by atoms with Crippen molar-refractivity contribution < 1.29 is 0 Å². The molecule has 13 heavy (non-hydrogen) atoms. The van der Waals surface area contributed by atoms with Crippen LogP contribution in [-0.2, 0) is 6.54 Å². The zero-order valence-electron chi connectivity index (χ0n) is 8.33. The molecule has 1 heterocycles. The summed E-state index contributed by atoms with van der Waals surface area (Å²) in [4.78, 5) is 0. The first-order chi connectivity index (χ1) is 6.27. The zero-order valence-corrected chi connectivity index (χ0v) is 8.33. The fourth-order valence-electron chi connectivity index (χ4n) is 1.16. The third-order valence-electron chi connectivity index (χ3n) is 2.03. The van der Waals surface area contributed by atoms with Gasteiger partial charge in [0, 0.05) is 18.3 Å². The number of rotatable bonds is 4. The second-order valence-corrected chi connectivity index (χ2v) is 3.05. The minimum atomic E-state index is 0.708. The Bertz CT molecular complexity index is 286. The smallest absolute Gasteiger partial charge is 0.0564 e. The molecule has 1 rings (SSSR count). The molecule has 3 heteroatoms. The molecule has 0 spiro atoms. The van der Waals surface area contributed by atoms with E-state index in [4.69, 9.17) is 5.73 Å². The number of aromatic nitrogens is 2. The van der Waals surface area contributed by atoms with Gasteiger partial charge in [0.25, 0.3) is 0 Å². The first kappa shape index (κ1) is 9.99. The van der Waals surface area contributed by atoms with Gasteiger partial charge in [-0.15, -0.1) is 0 Å². The summed E-state index contributed by atoms with van der Waals surface area (Å²) < 4.78 is 1.93. The zero-order chi connectivity index (χ0) is 9.68. The summed E-state index contributed by atoms with van der Waals surface area (Å²) in [5, 5.41) is 4.21. The summed E-state index contributed by atoms with van der Waals surface area (Å²) >= 11 is 0. The summed E-state index contributed by atoms with van der Waals surface area (Å²) in [6, 6.07) is 0. The van der Waals surface area contributed by atoms with Gasteiger partial charge in [-0.25, -0.2) is 0 Å². The second kappa shape index (κ2) is 4.82. The number of nitrogens with zero attached hydrogens (tertiary/aromatic N) is 2. The molecule has 0 saturated carbocycles. The van der Waals surface area contributed by atoms with E-state index in [9.17, 15) is 0 Å². The lowest BCUT2D eigenvalue weighted by Crippen LogP contribution is -1.95. The highest BCUT2D eigenvalue weighted by Crippen LogP contribution is 2.12. The molecule has 0 aromatic carbocycles. The van der Waals surface area contributed by atoms with Crippen LogP contribution in [0.1, 0.15) is 25.8 Å². The third kappa shape index (κ3) is 2.70. The average molecular weight is 179 g/mol. The van der Waals surface area contributed by atoms with E-state index < -0.39 is 0 Å². The number of hydrogen-bond donors (Lipinski definition) is 1. The third-order valence-corrected chi connectivity index (χ3v) is 2.03. The Balaban J connectivity index is 2.70. The minimum absolute atomic E-state index is 0.708. The molecule has 0 amide bonds. The molecular formula is C10H17N3. The Labute approximate surface area is 79.2 Å². The van der Waals surface area contributed by atoms with Crippen molar-refractivity contribution in [2.24, 2.45) is 5.73 Å². The van der Waals surface area contributed by atoms with Gasteiger partial charge in [-0.2, -0.15) is 5.10 Å².